The first-order chi connectivity index (χ1) is 11.4. The van der Waals surface area contributed by atoms with E-state index < -0.39 is 10.1 Å². The van der Waals surface area contributed by atoms with E-state index in [2.05, 4.69) is 0 Å². The van der Waals surface area contributed by atoms with Crippen molar-refractivity contribution in [1.29, 1.82) is 0 Å². The molecule has 4 bridgehead atoms. The predicted molar refractivity (Wildman–Crippen MR) is 98.4 cm³/mol. The summed E-state index contributed by atoms with van der Waals surface area (Å²) in [6.07, 6.45) is 9.44. The van der Waals surface area contributed by atoms with Crippen molar-refractivity contribution >= 4 is 18.7 Å². The lowest BCUT2D eigenvalue weighted by Crippen LogP contribution is -2.48. The molecule has 0 radical (unpaired) electrons. The summed E-state index contributed by atoms with van der Waals surface area (Å²) in [6, 6.07) is 6.89. The molecule has 0 spiro atoms. The Morgan fingerprint density at radius 3 is 2.12 bits per heavy atom. The molecule has 4 aliphatic carbocycles. The molecule has 3 nitrogen and oxygen atoms in total. The van der Waals surface area contributed by atoms with E-state index in [1.54, 1.807) is 12.1 Å². The van der Waals surface area contributed by atoms with Crippen LogP contribution in [0.15, 0.2) is 29.2 Å². The predicted octanol–water partition coefficient (Wildman–Crippen LogP) is 4.35. The molecule has 4 saturated carbocycles. The van der Waals surface area contributed by atoms with Gasteiger partial charge in [-0.2, -0.15) is 8.42 Å². The molecular formula is C19H27O3PS. The van der Waals surface area contributed by atoms with Gasteiger partial charge >= 0.3 is 0 Å². The minimum absolute atomic E-state index is 0.270. The highest BCUT2D eigenvalue weighted by molar-refractivity contribution is 7.86. The van der Waals surface area contributed by atoms with Gasteiger partial charge in [0, 0.05) is 0 Å². The van der Waals surface area contributed by atoms with E-state index in [1.165, 1.54) is 38.5 Å². The normalized spacial score (nSPS) is 35.1. The number of aryl methyl sites for hydroxylation is 1. The standard InChI is InChI=1S/C19H27O3PS/c1-14-2-4-18(5-3-14)24(20,21)22-6-7-23-19-11-15-8-16(12-19)10-17(9-15)13-19/h2-5,15-17,23H,6-13H2,1H3. The van der Waals surface area contributed by atoms with Crippen LogP contribution in [0.1, 0.15) is 44.1 Å². The lowest BCUT2D eigenvalue weighted by molar-refractivity contribution is 0.0366. The van der Waals surface area contributed by atoms with Crippen LogP contribution in [0.3, 0.4) is 0 Å². The van der Waals surface area contributed by atoms with Crippen LogP contribution in [-0.2, 0) is 14.3 Å². The Bertz CT molecular complexity index is 661. The van der Waals surface area contributed by atoms with Crippen molar-refractivity contribution in [3.8, 4) is 0 Å². The number of hydrogen-bond acceptors (Lipinski definition) is 3. The molecule has 132 valence electrons. The fourth-order valence-electron chi connectivity index (χ4n) is 5.57. The zero-order valence-corrected chi connectivity index (χ0v) is 16.1. The summed E-state index contributed by atoms with van der Waals surface area (Å²) in [7, 11) is -2.74. The zero-order chi connectivity index (χ0) is 16.8. The molecule has 24 heavy (non-hydrogen) atoms. The molecule has 4 fully saturated rings. The van der Waals surface area contributed by atoms with Gasteiger partial charge in [-0.05, 0) is 86.7 Å². The van der Waals surface area contributed by atoms with Crippen molar-refractivity contribution in [3.63, 3.8) is 0 Å². The quantitative estimate of drug-likeness (QED) is 0.427. The molecular weight excluding hydrogens is 339 g/mol. The zero-order valence-electron chi connectivity index (χ0n) is 14.3. The highest BCUT2D eigenvalue weighted by atomic mass is 32.2. The molecule has 0 saturated heterocycles. The van der Waals surface area contributed by atoms with Crippen LogP contribution in [0.25, 0.3) is 0 Å². The van der Waals surface area contributed by atoms with E-state index >= 15 is 0 Å². The maximum Gasteiger partial charge on any atom is 0.296 e. The van der Waals surface area contributed by atoms with Crippen LogP contribution in [0.5, 0.6) is 0 Å². The molecule has 0 heterocycles. The largest absolute Gasteiger partial charge is 0.296 e. The molecule has 1 aromatic rings. The number of hydrogen-bond donors (Lipinski definition) is 0. The van der Waals surface area contributed by atoms with Gasteiger partial charge in [0.05, 0.1) is 11.5 Å². The van der Waals surface area contributed by atoms with Gasteiger partial charge in [0.2, 0.25) is 0 Å². The summed E-state index contributed by atoms with van der Waals surface area (Å²) in [5.41, 5.74) is 1.05. The highest BCUT2D eigenvalue weighted by Crippen LogP contribution is 2.62. The van der Waals surface area contributed by atoms with Gasteiger partial charge in [0.1, 0.15) is 0 Å². The first-order valence-corrected chi connectivity index (χ1v) is 11.8. The molecule has 1 unspecified atom stereocenters. The van der Waals surface area contributed by atoms with E-state index in [1.807, 2.05) is 19.1 Å². The SMILES string of the molecule is Cc1ccc(S(=O)(=O)OCCPC23CC4CC(CC(C4)C2)C3)cc1. The van der Waals surface area contributed by atoms with Gasteiger partial charge < -0.3 is 0 Å². The molecule has 0 aromatic heterocycles. The van der Waals surface area contributed by atoms with E-state index in [-0.39, 0.29) is 4.90 Å². The van der Waals surface area contributed by atoms with Crippen molar-refractivity contribution < 1.29 is 12.6 Å². The van der Waals surface area contributed by atoms with Crippen molar-refractivity contribution in [2.24, 2.45) is 17.8 Å². The summed E-state index contributed by atoms with van der Waals surface area (Å²) in [5.74, 6) is 2.88. The minimum Gasteiger partial charge on any atom is -0.266 e. The lowest BCUT2D eigenvalue weighted by Gasteiger charge is -2.57. The molecule has 1 atom stereocenters. The third-order valence-corrected chi connectivity index (χ3v) is 9.33. The first-order valence-electron chi connectivity index (χ1n) is 9.15. The highest BCUT2D eigenvalue weighted by Gasteiger charge is 2.50. The van der Waals surface area contributed by atoms with Crippen LogP contribution in [0, 0.1) is 24.7 Å². The average molecular weight is 366 g/mol. The first kappa shape index (κ1) is 17.0. The van der Waals surface area contributed by atoms with Crippen molar-refractivity contribution in [1.82, 2.24) is 0 Å². The smallest absolute Gasteiger partial charge is 0.266 e. The van der Waals surface area contributed by atoms with Gasteiger partial charge in [0.25, 0.3) is 10.1 Å². The van der Waals surface area contributed by atoms with Crippen LogP contribution >= 0.6 is 8.58 Å². The second kappa shape index (κ2) is 6.37. The van der Waals surface area contributed by atoms with Gasteiger partial charge in [0.15, 0.2) is 0 Å². The van der Waals surface area contributed by atoms with E-state index in [9.17, 15) is 8.42 Å². The fourth-order valence-corrected chi connectivity index (χ4v) is 8.66. The van der Waals surface area contributed by atoms with E-state index in [0.29, 0.717) is 11.8 Å². The third-order valence-electron chi connectivity index (χ3n) is 6.19. The summed E-state index contributed by atoms with van der Waals surface area (Å²) in [4.78, 5) is 0.270. The van der Waals surface area contributed by atoms with Crippen LogP contribution < -0.4 is 0 Å². The average Bonchev–Trinajstić information content (AvgIpc) is 2.51. The van der Waals surface area contributed by atoms with Crippen molar-refractivity contribution in [3.05, 3.63) is 29.8 Å². The topological polar surface area (TPSA) is 43.4 Å². The Morgan fingerprint density at radius 1 is 1.04 bits per heavy atom. The Labute approximate surface area is 147 Å². The van der Waals surface area contributed by atoms with Gasteiger partial charge in [-0.3, -0.25) is 4.18 Å². The van der Waals surface area contributed by atoms with Crippen LogP contribution in [-0.4, -0.2) is 26.3 Å². The second-order valence-corrected chi connectivity index (χ2v) is 11.7. The number of benzene rings is 1. The maximum atomic E-state index is 12.2. The molecule has 0 N–H and O–H groups in total. The Morgan fingerprint density at radius 2 is 1.58 bits per heavy atom. The fraction of sp³-hybridized carbons (Fsp3) is 0.684. The number of rotatable bonds is 6. The monoisotopic (exact) mass is 366 g/mol. The maximum absolute atomic E-state index is 12.2. The second-order valence-electron chi connectivity index (χ2n) is 8.21. The summed E-state index contributed by atoms with van der Waals surface area (Å²) in [6.45, 7) is 2.28. The van der Waals surface area contributed by atoms with Gasteiger partial charge in [-0.1, -0.05) is 17.7 Å². The van der Waals surface area contributed by atoms with Crippen LogP contribution in [0.4, 0.5) is 0 Å². The molecule has 0 aliphatic heterocycles. The third kappa shape index (κ3) is 3.43. The molecule has 0 amide bonds. The lowest BCUT2D eigenvalue weighted by atomic mass is 9.56. The Hall–Kier alpha value is -0.440. The van der Waals surface area contributed by atoms with Gasteiger partial charge in [-0.25, -0.2) is 0 Å². The van der Waals surface area contributed by atoms with E-state index in [4.69, 9.17) is 4.18 Å². The summed E-state index contributed by atoms with van der Waals surface area (Å²) >= 11 is 0. The van der Waals surface area contributed by atoms with Gasteiger partial charge in [-0.15, -0.1) is 8.58 Å². The molecule has 5 heteroatoms. The Balaban J connectivity index is 1.31. The molecule has 4 aliphatic rings. The molecule has 5 rings (SSSR count). The summed E-state index contributed by atoms with van der Waals surface area (Å²) in [5, 5.41) is 0.533. The Kier molecular flexibility index (Phi) is 4.51. The minimum atomic E-state index is -3.60. The van der Waals surface area contributed by atoms with Crippen LogP contribution in [0.2, 0.25) is 0 Å². The molecule has 1 aromatic carbocycles. The van der Waals surface area contributed by atoms with Crippen molar-refractivity contribution in [2.45, 2.75) is 55.5 Å². The van der Waals surface area contributed by atoms with Crippen molar-refractivity contribution in [2.75, 3.05) is 12.8 Å². The van der Waals surface area contributed by atoms with E-state index in [0.717, 1.165) is 38.1 Å². The summed E-state index contributed by atoms with van der Waals surface area (Å²) < 4.78 is 29.8.